The highest BCUT2D eigenvalue weighted by Gasteiger charge is 2.16. The van der Waals surface area contributed by atoms with Crippen molar-refractivity contribution in [1.29, 1.82) is 0 Å². The van der Waals surface area contributed by atoms with E-state index in [1.165, 1.54) is 12.1 Å². The predicted octanol–water partition coefficient (Wildman–Crippen LogP) is 3.98. The SMILES string of the molecule is CCOC(=O)C(=O)Nc1ccc(C(=O)CSc2nnc(-c3ccc(Br)cc3)o2)cc1. The zero-order valence-corrected chi connectivity index (χ0v) is 18.2. The van der Waals surface area contributed by atoms with Crippen molar-refractivity contribution in [2.24, 2.45) is 0 Å². The summed E-state index contributed by atoms with van der Waals surface area (Å²) in [5.41, 5.74) is 1.61. The number of ketones is 1. The van der Waals surface area contributed by atoms with Gasteiger partial charge in [0, 0.05) is 21.3 Å². The lowest BCUT2D eigenvalue weighted by molar-refractivity contribution is -0.152. The van der Waals surface area contributed by atoms with Crippen molar-refractivity contribution in [1.82, 2.24) is 10.2 Å². The molecule has 0 spiro atoms. The first-order valence-electron chi connectivity index (χ1n) is 8.80. The van der Waals surface area contributed by atoms with Crippen molar-refractivity contribution >= 4 is 51.0 Å². The van der Waals surface area contributed by atoms with E-state index >= 15 is 0 Å². The normalized spacial score (nSPS) is 10.5. The van der Waals surface area contributed by atoms with Crippen LogP contribution in [-0.4, -0.2) is 40.2 Å². The Morgan fingerprint density at radius 2 is 1.77 bits per heavy atom. The fourth-order valence-corrected chi connectivity index (χ4v) is 3.23. The minimum Gasteiger partial charge on any atom is -0.459 e. The van der Waals surface area contributed by atoms with E-state index in [0.717, 1.165) is 21.8 Å². The summed E-state index contributed by atoms with van der Waals surface area (Å²) in [5, 5.41) is 10.6. The summed E-state index contributed by atoms with van der Waals surface area (Å²) >= 11 is 4.50. The number of anilines is 1. The van der Waals surface area contributed by atoms with Crippen molar-refractivity contribution < 1.29 is 23.5 Å². The molecule has 10 heteroatoms. The van der Waals surface area contributed by atoms with Crippen LogP contribution >= 0.6 is 27.7 Å². The minimum absolute atomic E-state index is 0.108. The number of nitrogens with one attached hydrogen (secondary N) is 1. The average Bonchev–Trinajstić information content (AvgIpc) is 3.22. The molecule has 0 unspecified atom stereocenters. The van der Waals surface area contributed by atoms with Crippen LogP contribution in [0.2, 0.25) is 0 Å². The maximum absolute atomic E-state index is 12.4. The standard InChI is InChI=1S/C20H16BrN3O5S/c1-2-28-19(27)17(26)22-15-9-5-12(6-10-15)16(25)11-30-20-24-23-18(29-20)13-3-7-14(21)8-4-13/h3-10H,2,11H2,1H3,(H,22,26). The Bertz CT molecular complexity index is 1050. The lowest BCUT2D eigenvalue weighted by Crippen LogP contribution is -2.24. The molecule has 1 amide bonds. The Hall–Kier alpha value is -2.98. The van der Waals surface area contributed by atoms with Gasteiger partial charge in [-0.25, -0.2) is 4.79 Å². The second-order valence-electron chi connectivity index (χ2n) is 5.84. The second kappa shape index (κ2) is 10.2. The molecule has 0 aliphatic heterocycles. The van der Waals surface area contributed by atoms with Crippen LogP contribution in [0.1, 0.15) is 17.3 Å². The van der Waals surface area contributed by atoms with Crippen molar-refractivity contribution in [3.05, 3.63) is 58.6 Å². The number of carbonyl (C=O) groups excluding carboxylic acids is 3. The number of nitrogens with zero attached hydrogens (tertiary/aromatic N) is 2. The van der Waals surface area contributed by atoms with Gasteiger partial charge in [0.05, 0.1) is 12.4 Å². The van der Waals surface area contributed by atoms with Crippen LogP contribution in [-0.2, 0) is 14.3 Å². The van der Waals surface area contributed by atoms with Gasteiger partial charge in [-0.1, -0.05) is 27.7 Å². The number of carbonyl (C=O) groups is 3. The largest absolute Gasteiger partial charge is 0.459 e. The number of aromatic nitrogens is 2. The molecule has 1 N–H and O–H groups in total. The third-order valence-corrected chi connectivity index (χ3v) is 5.10. The number of thioether (sulfide) groups is 1. The smallest absolute Gasteiger partial charge is 0.397 e. The van der Waals surface area contributed by atoms with Gasteiger partial charge in [0.25, 0.3) is 5.22 Å². The van der Waals surface area contributed by atoms with Crippen LogP contribution in [0.4, 0.5) is 5.69 Å². The van der Waals surface area contributed by atoms with Gasteiger partial charge in [-0.3, -0.25) is 9.59 Å². The molecule has 3 aromatic rings. The van der Waals surface area contributed by atoms with E-state index in [1.807, 2.05) is 24.3 Å². The van der Waals surface area contributed by atoms with Crippen LogP contribution in [0.25, 0.3) is 11.5 Å². The molecular weight excluding hydrogens is 474 g/mol. The molecule has 1 heterocycles. The lowest BCUT2D eigenvalue weighted by Gasteiger charge is -2.05. The maximum atomic E-state index is 12.4. The maximum Gasteiger partial charge on any atom is 0.397 e. The van der Waals surface area contributed by atoms with Gasteiger partial charge in [-0.15, -0.1) is 10.2 Å². The number of Topliss-reactive ketones (excluding diaryl/α,β-unsaturated/α-hetero) is 1. The van der Waals surface area contributed by atoms with E-state index in [2.05, 4.69) is 36.2 Å². The van der Waals surface area contributed by atoms with Crippen molar-refractivity contribution in [3.63, 3.8) is 0 Å². The van der Waals surface area contributed by atoms with Crippen LogP contribution in [0, 0.1) is 0 Å². The Morgan fingerprint density at radius 1 is 1.07 bits per heavy atom. The number of halogens is 1. The monoisotopic (exact) mass is 489 g/mol. The molecule has 2 aromatic carbocycles. The van der Waals surface area contributed by atoms with Crippen LogP contribution in [0.15, 0.2) is 62.6 Å². The molecule has 0 fully saturated rings. The van der Waals surface area contributed by atoms with E-state index in [0.29, 0.717) is 22.4 Å². The van der Waals surface area contributed by atoms with E-state index in [1.54, 1.807) is 19.1 Å². The first-order valence-corrected chi connectivity index (χ1v) is 10.6. The molecule has 0 aliphatic carbocycles. The van der Waals surface area contributed by atoms with Crippen LogP contribution in [0.3, 0.4) is 0 Å². The highest BCUT2D eigenvalue weighted by Crippen LogP contribution is 2.25. The quantitative estimate of drug-likeness (QED) is 0.229. The van der Waals surface area contributed by atoms with Gasteiger partial charge in [-0.05, 0) is 55.5 Å². The Balaban J connectivity index is 1.54. The highest BCUT2D eigenvalue weighted by atomic mass is 79.9. The Morgan fingerprint density at radius 3 is 2.43 bits per heavy atom. The molecule has 0 radical (unpaired) electrons. The summed E-state index contributed by atoms with van der Waals surface area (Å²) in [4.78, 5) is 35.3. The highest BCUT2D eigenvalue weighted by molar-refractivity contribution is 9.10. The Labute approximate surface area is 184 Å². The third-order valence-electron chi connectivity index (χ3n) is 3.75. The van der Waals surface area contributed by atoms with E-state index in [4.69, 9.17) is 4.42 Å². The summed E-state index contributed by atoms with van der Waals surface area (Å²) in [6.07, 6.45) is 0. The fraction of sp³-hybridized carbons (Fsp3) is 0.150. The fourth-order valence-electron chi connectivity index (χ4n) is 2.31. The van der Waals surface area contributed by atoms with Gasteiger partial charge in [0.1, 0.15) is 0 Å². The molecule has 0 bridgehead atoms. The van der Waals surface area contributed by atoms with Gasteiger partial charge < -0.3 is 14.5 Å². The zero-order valence-electron chi connectivity index (χ0n) is 15.8. The van der Waals surface area contributed by atoms with Crippen LogP contribution in [0.5, 0.6) is 0 Å². The number of hydrogen-bond donors (Lipinski definition) is 1. The number of hydrogen-bond acceptors (Lipinski definition) is 8. The molecule has 154 valence electrons. The molecule has 30 heavy (non-hydrogen) atoms. The number of esters is 1. The molecule has 8 nitrogen and oxygen atoms in total. The number of ether oxygens (including phenoxy) is 1. The molecule has 0 saturated heterocycles. The summed E-state index contributed by atoms with van der Waals surface area (Å²) in [5.74, 6) is -1.50. The minimum atomic E-state index is -0.962. The first kappa shape index (κ1) is 21.7. The van der Waals surface area contributed by atoms with Crippen molar-refractivity contribution in [3.8, 4) is 11.5 Å². The summed E-state index contributed by atoms with van der Waals surface area (Å²) in [6, 6.07) is 13.6. The summed E-state index contributed by atoms with van der Waals surface area (Å²) in [7, 11) is 0. The topological polar surface area (TPSA) is 111 Å². The molecule has 0 atom stereocenters. The van der Waals surface area contributed by atoms with E-state index < -0.39 is 11.9 Å². The molecular formula is C20H16BrN3O5S. The van der Waals surface area contributed by atoms with Gasteiger partial charge in [0.15, 0.2) is 5.78 Å². The number of benzene rings is 2. The number of amides is 1. The predicted molar refractivity (Wildman–Crippen MR) is 114 cm³/mol. The Kier molecular flexibility index (Phi) is 7.36. The lowest BCUT2D eigenvalue weighted by atomic mass is 10.1. The van der Waals surface area contributed by atoms with Gasteiger partial charge >= 0.3 is 11.9 Å². The van der Waals surface area contributed by atoms with Gasteiger partial charge in [0.2, 0.25) is 5.89 Å². The van der Waals surface area contributed by atoms with Crippen molar-refractivity contribution in [2.45, 2.75) is 12.1 Å². The average molecular weight is 490 g/mol. The van der Waals surface area contributed by atoms with Crippen LogP contribution < -0.4 is 5.32 Å². The molecule has 0 saturated carbocycles. The van der Waals surface area contributed by atoms with Crippen molar-refractivity contribution in [2.75, 3.05) is 17.7 Å². The molecule has 1 aromatic heterocycles. The summed E-state index contributed by atoms with van der Waals surface area (Å²) in [6.45, 7) is 1.72. The van der Waals surface area contributed by atoms with Gasteiger partial charge in [-0.2, -0.15) is 0 Å². The summed E-state index contributed by atoms with van der Waals surface area (Å²) < 4.78 is 11.1. The molecule has 0 aliphatic rings. The van der Waals surface area contributed by atoms with E-state index in [-0.39, 0.29) is 18.1 Å². The molecule has 3 rings (SSSR count). The van der Waals surface area contributed by atoms with E-state index in [9.17, 15) is 14.4 Å². The second-order valence-corrected chi connectivity index (χ2v) is 7.69. The number of rotatable bonds is 7. The first-order chi connectivity index (χ1) is 14.5. The zero-order chi connectivity index (χ0) is 21.5. The third kappa shape index (κ3) is 5.77.